The highest BCUT2D eigenvalue weighted by Crippen LogP contribution is 2.32. The van der Waals surface area contributed by atoms with Crippen LogP contribution < -0.4 is 5.32 Å². The summed E-state index contributed by atoms with van der Waals surface area (Å²) in [5, 5.41) is 17.1. The van der Waals surface area contributed by atoms with Gasteiger partial charge >= 0.3 is 6.03 Å². The molecule has 0 aliphatic heterocycles. The zero-order valence-electron chi connectivity index (χ0n) is 14.1. The minimum Gasteiger partial charge on any atom is -0.391 e. The molecule has 0 bridgehead atoms. The lowest BCUT2D eigenvalue weighted by Gasteiger charge is -2.20. The van der Waals surface area contributed by atoms with E-state index in [2.05, 4.69) is 29.5 Å². The van der Waals surface area contributed by atoms with Crippen molar-refractivity contribution in [1.29, 1.82) is 0 Å². The molecule has 1 aromatic heterocycles. The number of aromatic nitrogens is 2. The van der Waals surface area contributed by atoms with E-state index in [4.69, 9.17) is 0 Å². The minimum atomic E-state index is -0.434. The number of carbonyl (C=O) groups is 1. The number of amides is 2. The molecule has 2 N–H and O–H groups in total. The normalized spacial score (nSPS) is 16.5. The van der Waals surface area contributed by atoms with Crippen molar-refractivity contribution in [3.63, 3.8) is 0 Å². The summed E-state index contributed by atoms with van der Waals surface area (Å²) >= 11 is 0. The molecule has 2 amide bonds. The Kier molecular flexibility index (Phi) is 4.85. The molecular formula is C18H24N4O2. The van der Waals surface area contributed by atoms with Gasteiger partial charge in [0.25, 0.3) is 0 Å². The summed E-state index contributed by atoms with van der Waals surface area (Å²) in [6.45, 7) is 2.41. The number of nitrogens with one attached hydrogen (secondary N) is 1. The predicted molar refractivity (Wildman–Crippen MR) is 92.9 cm³/mol. The zero-order chi connectivity index (χ0) is 17.1. The van der Waals surface area contributed by atoms with Gasteiger partial charge < -0.3 is 10.0 Å². The number of benzene rings is 1. The summed E-state index contributed by atoms with van der Waals surface area (Å²) in [5.41, 5.74) is 1.16. The van der Waals surface area contributed by atoms with Crippen molar-refractivity contribution in [2.24, 2.45) is 5.92 Å². The van der Waals surface area contributed by atoms with Crippen molar-refractivity contribution in [2.45, 2.75) is 31.9 Å². The second-order valence-electron chi connectivity index (χ2n) is 6.48. The molecule has 2 aromatic rings. The Morgan fingerprint density at radius 1 is 1.38 bits per heavy atom. The number of aliphatic hydroxyl groups excluding tert-OH is 1. The number of nitrogens with zero attached hydrogens (tertiary/aromatic N) is 3. The molecule has 0 spiro atoms. The SMILES string of the molecule is CC(c1ccccc1)n1ccc(NC(=O)N(C)CC(O)C2CC2)n1. The van der Waals surface area contributed by atoms with Crippen molar-refractivity contribution < 1.29 is 9.90 Å². The van der Waals surface area contributed by atoms with Crippen molar-refractivity contribution in [2.75, 3.05) is 18.9 Å². The highest BCUT2D eigenvalue weighted by Gasteiger charge is 2.31. The number of hydrogen-bond donors (Lipinski definition) is 2. The van der Waals surface area contributed by atoms with Crippen molar-refractivity contribution in [1.82, 2.24) is 14.7 Å². The summed E-state index contributed by atoms with van der Waals surface area (Å²) in [4.78, 5) is 13.7. The van der Waals surface area contributed by atoms with Gasteiger partial charge in [-0.3, -0.25) is 10.00 Å². The molecule has 0 saturated heterocycles. The van der Waals surface area contributed by atoms with Gasteiger partial charge in [-0.05, 0) is 31.2 Å². The molecule has 1 aromatic carbocycles. The Balaban J connectivity index is 1.58. The molecule has 0 radical (unpaired) electrons. The maximum Gasteiger partial charge on any atom is 0.322 e. The fourth-order valence-electron chi connectivity index (χ4n) is 2.70. The van der Waals surface area contributed by atoms with E-state index in [1.54, 1.807) is 13.1 Å². The lowest BCUT2D eigenvalue weighted by Crippen LogP contribution is -2.38. The third kappa shape index (κ3) is 3.94. The van der Waals surface area contributed by atoms with Gasteiger partial charge in [0.1, 0.15) is 0 Å². The van der Waals surface area contributed by atoms with Crippen LogP contribution in [0, 0.1) is 5.92 Å². The third-order valence-electron chi connectivity index (χ3n) is 4.50. The number of hydrogen-bond acceptors (Lipinski definition) is 3. The summed E-state index contributed by atoms with van der Waals surface area (Å²) < 4.78 is 1.82. The predicted octanol–water partition coefficient (Wildman–Crippen LogP) is 2.73. The van der Waals surface area contributed by atoms with Crippen LogP contribution in [0.3, 0.4) is 0 Å². The van der Waals surface area contributed by atoms with E-state index in [1.807, 2.05) is 29.1 Å². The topological polar surface area (TPSA) is 70.4 Å². The Labute approximate surface area is 142 Å². The molecule has 3 rings (SSSR count). The molecule has 1 aliphatic rings. The van der Waals surface area contributed by atoms with Gasteiger partial charge in [0, 0.05) is 25.9 Å². The first-order valence-corrected chi connectivity index (χ1v) is 8.35. The maximum atomic E-state index is 12.2. The van der Waals surface area contributed by atoms with Crippen molar-refractivity contribution in [3.05, 3.63) is 48.2 Å². The van der Waals surface area contributed by atoms with Crippen LogP contribution in [-0.4, -0.2) is 45.5 Å². The molecule has 128 valence electrons. The average Bonchev–Trinajstić information content (AvgIpc) is 3.35. The van der Waals surface area contributed by atoms with Gasteiger partial charge in [0.05, 0.1) is 12.1 Å². The van der Waals surface area contributed by atoms with E-state index < -0.39 is 6.10 Å². The van der Waals surface area contributed by atoms with Gasteiger partial charge in [-0.15, -0.1) is 0 Å². The van der Waals surface area contributed by atoms with Crippen LogP contribution in [0.4, 0.5) is 10.6 Å². The molecular weight excluding hydrogens is 304 g/mol. The molecule has 2 unspecified atom stereocenters. The number of rotatable bonds is 6. The monoisotopic (exact) mass is 328 g/mol. The van der Waals surface area contributed by atoms with Crippen LogP contribution in [0.25, 0.3) is 0 Å². The largest absolute Gasteiger partial charge is 0.391 e. The van der Waals surface area contributed by atoms with E-state index in [0.717, 1.165) is 18.4 Å². The van der Waals surface area contributed by atoms with Crippen molar-refractivity contribution >= 4 is 11.8 Å². The van der Waals surface area contributed by atoms with Gasteiger partial charge in [0.15, 0.2) is 5.82 Å². The summed E-state index contributed by atoms with van der Waals surface area (Å²) in [7, 11) is 1.69. The highest BCUT2D eigenvalue weighted by atomic mass is 16.3. The Morgan fingerprint density at radius 3 is 2.75 bits per heavy atom. The first kappa shape index (κ1) is 16.5. The second kappa shape index (κ2) is 7.05. The number of urea groups is 1. The van der Waals surface area contributed by atoms with Gasteiger partial charge in [-0.1, -0.05) is 30.3 Å². The van der Waals surface area contributed by atoms with Crippen LogP contribution in [0.5, 0.6) is 0 Å². The smallest absolute Gasteiger partial charge is 0.322 e. The lowest BCUT2D eigenvalue weighted by atomic mass is 10.1. The van der Waals surface area contributed by atoms with Gasteiger partial charge in [-0.25, -0.2) is 4.79 Å². The fraction of sp³-hybridized carbons (Fsp3) is 0.444. The standard InChI is InChI=1S/C18H24N4O2/c1-13(14-6-4-3-5-7-14)22-11-10-17(20-22)19-18(24)21(2)12-16(23)15-8-9-15/h3-7,10-11,13,15-16,23H,8-9,12H2,1-2H3,(H,19,20,24). The molecule has 6 heteroatoms. The number of likely N-dealkylation sites (N-methyl/N-ethyl adjacent to an activating group) is 1. The third-order valence-corrected chi connectivity index (χ3v) is 4.50. The zero-order valence-corrected chi connectivity index (χ0v) is 14.1. The van der Waals surface area contributed by atoms with Gasteiger partial charge in [-0.2, -0.15) is 5.10 Å². The Bertz CT molecular complexity index is 681. The molecule has 24 heavy (non-hydrogen) atoms. The summed E-state index contributed by atoms with van der Waals surface area (Å²) in [6.07, 6.45) is 3.53. The van der Waals surface area contributed by atoms with E-state index in [0.29, 0.717) is 18.3 Å². The first-order valence-electron chi connectivity index (χ1n) is 8.35. The van der Waals surface area contributed by atoms with Crippen LogP contribution >= 0.6 is 0 Å². The van der Waals surface area contributed by atoms with Crippen molar-refractivity contribution in [3.8, 4) is 0 Å². The summed E-state index contributed by atoms with van der Waals surface area (Å²) in [6, 6.07) is 11.7. The molecule has 1 fully saturated rings. The van der Waals surface area contributed by atoms with E-state index >= 15 is 0 Å². The van der Waals surface area contributed by atoms with E-state index in [-0.39, 0.29) is 12.1 Å². The van der Waals surface area contributed by atoms with Crippen LogP contribution in [0.1, 0.15) is 31.4 Å². The molecule has 1 saturated carbocycles. The quantitative estimate of drug-likeness (QED) is 0.856. The first-order chi connectivity index (χ1) is 11.5. The van der Waals surface area contributed by atoms with E-state index in [1.165, 1.54) is 4.90 Å². The van der Waals surface area contributed by atoms with E-state index in [9.17, 15) is 9.90 Å². The Morgan fingerprint density at radius 2 is 2.08 bits per heavy atom. The van der Waals surface area contributed by atoms with Crippen LogP contribution in [-0.2, 0) is 0 Å². The van der Waals surface area contributed by atoms with Crippen LogP contribution in [0.2, 0.25) is 0 Å². The van der Waals surface area contributed by atoms with Gasteiger partial charge in [0.2, 0.25) is 0 Å². The number of carbonyl (C=O) groups excluding carboxylic acids is 1. The Hall–Kier alpha value is -2.34. The second-order valence-corrected chi connectivity index (χ2v) is 6.48. The minimum absolute atomic E-state index is 0.0891. The fourth-order valence-corrected chi connectivity index (χ4v) is 2.70. The highest BCUT2D eigenvalue weighted by molar-refractivity contribution is 5.88. The molecule has 1 heterocycles. The number of aliphatic hydroxyl groups is 1. The maximum absolute atomic E-state index is 12.2. The average molecular weight is 328 g/mol. The summed E-state index contributed by atoms with van der Waals surface area (Å²) in [5.74, 6) is 0.863. The molecule has 6 nitrogen and oxygen atoms in total. The molecule has 1 aliphatic carbocycles. The lowest BCUT2D eigenvalue weighted by molar-refractivity contribution is 0.117. The molecule has 2 atom stereocenters. The van der Waals surface area contributed by atoms with Crippen LogP contribution in [0.15, 0.2) is 42.6 Å². The number of anilines is 1.